The minimum Gasteiger partial charge on any atom is -0.493 e. The van der Waals surface area contributed by atoms with E-state index in [1.54, 1.807) is 6.08 Å². The maximum absolute atomic E-state index is 12.9. The van der Waals surface area contributed by atoms with Gasteiger partial charge in [0.05, 0.1) is 17.9 Å². The molecule has 1 aliphatic heterocycles. The average Bonchev–Trinajstić information content (AvgIpc) is 2.95. The molecule has 2 aromatic rings. The molecule has 3 rings (SSSR count). The lowest BCUT2D eigenvalue weighted by atomic mass is 10.0. The van der Waals surface area contributed by atoms with Crippen molar-refractivity contribution in [1.29, 1.82) is 0 Å². The summed E-state index contributed by atoms with van der Waals surface area (Å²) in [6.07, 6.45) is 0.875. The van der Waals surface area contributed by atoms with Crippen LogP contribution >= 0.6 is 24.0 Å². The fourth-order valence-electron chi connectivity index (χ4n) is 3.04. The second kappa shape index (κ2) is 8.62. The number of carbonyl (C=O) groups excluding carboxylic acids is 1. The molecule has 7 nitrogen and oxygen atoms in total. The number of hydrogen-bond donors (Lipinski definition) is 2. The maximum atomic E-state index is 12.9. The number of carboxylic acids is 2. The van der Waals surface area contributed by atoms with Crippen molar-refractivity contribution in [1.82, 2.24) is 4.90 Å². The summed E-state index contributed by atoms with van der Waals surface area (Å²) in [7, 11) is 0. The van der Waals surface area contributed by atoms with Crippen molar-refractivity contribution < 1.29 is 29.3 Å². The van der Waals surface area contributed by atoms with Crippen LogP contribution < -0.4 is 4.74 Å². The molecular formula is C20H17NO6S2. The molecule has 2 N–H and O–H groups in total. The highest BCUT2D eigenvalue weighted by Gasteiger charge is 2.41. The number of thiocarbonyl (C=S) groups is 1. The number of nitrogens with zero attached hydrogens (tertiary/aromatic N) is 1. The van der Waals surface area contributed by atoms with Crippen LogP contribution in [0.25, 0.3) is 16.8 Å². The van der Waals surface area contributed by atoms with E-state index in [0.29, 0.717) is 17.9 Å². The van der Waals surface area contributed by atoms with E-state index in [4.69, 9.17) is 22.1 Å². The highest BCUT2D eigenvalue weighted by molar-refractivity contribution is 8.26. The molecule has 9 heteroatoms. The smallest absolute Gasteiger partial charge is 0.327 e. The Morgan fingerprint density at radius 1 is 1.24 bits per heavy atom. The Balaban J connectivity index is 2.07. The molecule has 1 aliphatic rings. The quantitative estimate of drug-likeness (QED) is 0.508. The number of benzene rings is 2. The Labute approximate surface area is 175 Å². The predicted octanol–water partition coefficient (Wildman–Crippen LogP) is 3.37. The summed E-state index contributed by atoms with van der Waals surface area (Å²) in [6.45, 7) is 2.28. The first-order valence-electron chi connectivity index (χ1n) is 8.69. The molecule has 1 amide bonds. The third-order valence-electron chi connectivity index (χ3n) is 4.29. The van der Waals surface area contributed by atoms with E-state index in [1.807, 2.05) is 43.3 Å². The highest BCUT2D eigenvalue weighted by Crippen LogP contribution is 2.38. The van der Waals surface area contributed by atoms with Crippen LogP contribution in [0.1, 0.15) is 18.9 Å². The zero-order valence-electron chi connectivity index (χ0n) is 15.3. The van der Waals surface area contributed by atoms with Gasteiger partial charge in [-0.1, -0.05) is 54.3 Å². The highest BCUT2D eigenvalue weighted by atomic mass is 32.2. The molecule has 0 aliphatic carbocycles. The van der Waals surface area contributed by atoms with Crippen molar-refractivity contribution >= 4 is 63.0 Å². The first kappa shape index (κ1) is 20.8. The Kier molecular flexibility index (Phi) is 6.19. The molecule has 0 bridgehead atoms. The van der Waals surface area contributed by atoms with Gasteiger partial charge in [0.1, 0.15) is 16.1 Å². The van der Waals surface area contributed by atoms with Crippen molar-refractivity contribution in [2.24, 2.45) is 0 Å². The van der Waals surface area contributed by atoms with Crippen molar-refractivity contribution in [3.05, 3.63) is 46.9 Å². The number of hydrogen-bond acceptors (Lipinski definition) is 6. The van der Waals surface area contributed by atoms with Crippen molar-refractivity contribution in [3.63, 3.8) is 0 Å². The van der Waals surface area contributed by atoms with Gasteiger partial charge in [0.15, 0.2) is 0 Å². The number of carbonyl (C=O) groups is 3. The third-order valence-corrected chi connectivity index (χ3v) is 5.62. The first-order chi connectivity index (χ1) is 13.8. The molecule has 1 atom stereocenters. The van der Waals surface area contributed by atoms with Crippen LogP contribution in [-0.4, -0.2) is 49.9 Å². The lowest BCUT2D eigenvalue weighted by Gasteiger charge is -2.21. The lowest BCUT2D eigenvalue weighted by Crippen LogP contribution is -2.45. The minimum absolute atomic E-state index is 0.00750. The van der Waals surface area contributed by atoms with E-state index >= 15 is 0 Å². The number of fused-ring (bicyclic) bond motifs is 1. The van der Waals surface area contributed by atoms with Crippen molar-refractivity contribution in [3.8, 4) is 5.75 Å². The number of aliphatic carboxylic acids is 2. The summed E-state index contributed by atoms with van der Waals surface area (Å²) < 4.78 is 5.71. The maximum Gasteiger partial charge on any atom is 0.327 e. The molecule has 1 unspecified atom stereocenters. The van der Waals surface area contributed by atoms with Gasteiger partial charge in [0.25, 0.3) is 5.91 Å². The molecular weight excluding hydrogens is 414 g/mol. The van der Waals surface area contributed by atoms with Gasteiger partial charge in [-0.15, -0.1) is 0 Å². The van der Waals surface area contributed by atoms with Crippen LogP contribution in [0.5, 0.6) is 5.75 Å². The average molecular weight is 431 g/mol. The van der Waals surface area contributed by atoms with Gasteiger partial charge in [-0.05, 0) is 29.8 Å². The topological polar surface area (TPSA) is 104 Å². The zero-order valence-corrected chi connectivity index (χ0v) is 17.0. The number of carboxylic acid groups (broad SMARTS) is 2. The second-order valence-electron chi connectivity index (χ2n) is 6.14. The van der Waals surface area contributed by atoms with Gasteiger partial charge in [0.2, 0.25) is 0 Å². The molecule has 0 aromatic heterocycles. The summed E-state index contributed by atoms with van der Waals surface area (Å²) in [5.41, 5.74) is 0.676. The van der Waals surface area contributed by atoms with Gasteiger partial charge in [-0.2, -0.15) is 0 Å². The number of amides is 1. The zero-order chi connectivity index (χ0) is 21.1. The Morgan fingerprint density at radius 2 is 1.97 bits per heavy atom. The molecule has 29 heavy (non-hydrogen) atoms. The van der Waals surface area contributed by atoms with Gasteiger partial charge in [0, 0.05) is 5.56 Å². The fraction of sp³-hybridized carbons (Fsp3) is 0.200. The first-order valence-corrected chi connectivity index (χ1v) is 9.92. The standard InChI is InChI=1S/C20H17NO6S2/c1-2-27-15-8-7-11-5-3-4-6-12(11)13(15)9-16-18(24)21(20(28)29-16)14(19(25)26)10-17(22)23/h3-9,14H,2,10H2,1H3,(H,22,23)(H,25,26). The Morgan fingerprint density at radius 3 is 2.62 bits per heavy atom. The molecule has 150 valence electrons. The second-order valence-corrected chi connectivity index (χ2v) is 7.81. The van der Waals surface area contributed by atoms with E-state index in [2.05, 4.69) is 0 Å². The summed E-state index contributed by atoms with van der Waals surface area (Å²) in [6, 6.07) is 9.75. The number of thioether (sulfide) groups is 1. The van der Waals surface area contributed by atoms with Crippen molar-refractivity contribution in [2.45, 2.75) is 19.4 Å². The largest absolute Gasteiger partial charge is 0.493 e. The summed E-state index contributed by atoms with van der Waals surface area (Å²) in [5.74, 6) is -2.81. The van der Waals surface area contributed by atoms with E-state index in [0.717, 1.165) is 27.4 Å². The van der Waals surface area contributed by atoms with E-state index in [1.165, 1.54) is 0 Å². The van der Waals surface area contributed by atoms with E-state index in [9.17, 15) is 19.5 Å². The summed E-state index contributed by atoms with van der Waals surface area (Å²) in [4.78, 5) is 36.5. The lowest BCUT2D eigenvalue weighted by molar-refractivity contribution is -0.150. The van der Waals surface area contributed by atoms with Gasteiger partial charge >= 0.3 is 11.9 Å². The van der Waals surface area contributed by atoms with Crippen LogP contribution in [-0.2, 0) is 14.4 Å². The van der Waals surface area contributed by atoms with Crippen LogP contribution in [0, 0.1) is 0 Å². The monoisotopic (exact) mass is 431 g/mol. The van der Waals surface area contributed by atoms with E-state index < -0.39 is 30.3 Å². The fourth-order valence-corrected chi connectivity index (χ4v) is 4.38. The molecule has 2 aromatic carbocycles. The third kappa shape index (κ3) is 4.25. The van der Waals surface area contributed by atoms with Gasteiger partial charge < -0.3 is 14.9 Å². The van der Waals surface area contributed by atoms with E-state index in [-0.39, 0.29) is 9.23 Å². The molecule has 0 radical (unpaired) electrons. The predicted molar refractivity (Wildman–Crippen MR) is 114 cm³/mol. The molecule has 1 saturated heterocycles. The SMILES string of the molecule is CCOc1ccc2ccccc2c1C=C1SC(=S)N(C(CC(=O)O)C(=O)O)C1=O. The Hall–Kier alpha value is -2.91. The van der Waals surface area contributed by atoms with Gasteiger partial charge in [-0.3, -0.25) is 14.5 Å². The molecule has 0 saturated carbocycles. The summed E-state index contributed by atoms with van der Waals surface area (Å²) in [5, 5.41) is 20.2. The van der Waals surface area contributed by atoms with Crippen LogP contribution in [0.2, 0.25) is 0 Å². The molecule has 1 heterocycles. The normalized spacial score (nSPS) is 16.4. The van der Waals surface area contributed by atoms with Crippen LogP contribution in [0.3, 0.4) is 0 Å². The Bertz CT molecular complexity index is 1050. The number of ether oxygens (including phenoxy) is 1. The molecule has 0 spiro atoms. The van der Waals surface area contributed by atoms with Gasteiger partial charge in [-0.25, -0.2) is 4.79 Å². The summed E-state index contributed by atoms with van der Waals surface area (Å²) >= 11 is 6.12. The van der Waals surface area contributed by atoms with Crippen LogP contribution in [0.4, 0.5) is 0 Å². The molecule has 1 fully saturated rings. The van der Waals surface area contributed by atoms with Crippen molar-refractivity contribution in [2.75, 3.05) is 6.61 Å². The van der Waals surface area contributed by atoms with Crippen LogP contribution in [0.15, 0.2) is 41.3 Å². The minimum atomic E-state index is -1.57. The number of rotatable bonds is 7.